The molecule has 0 aromatic carbocycles. The van der Waals surface area contributed by atoms with Crippen LogP contribution in [-0.4, -0.2) is 171 Å². The van der Waals surface area contributed by atoms with Crippen molar-refractivity contribution in [3.05, 3.63) is 0 Å². The Labute approximate surface area is 223 Å². The van der Waals surface area contributed by atoms with Crippen LogP contribution in [0.1, 0.15) is 13.3 Å². The summed E-state index contributed by atoms with van der Waals surface area (Å²) in [6.07, 6.45) is -20.1. The second-order valence-corrected chi connectivity index (χ2v) is 10.1. The molecule has 10 N–H and O–H groups in total. The molecule has 8 unspecified atom stereocenters. The van der Waals surface area contributed by atoms with E-state index in [-0.39, 0.29) is 26.4 Å². The molecule has 0 aromatic rings. The van der Waals surface area contributed by atoms with Crippen molar-refractivity contribution in [3.8, 4) is 0 Å². The lowest BCUT2D eigenvalue weighted by atomic mass is 9.99. The molecule has 4 saturated heterocycles. The molecule has 4 aliphatic rings. The molecule has 0 spiro atoms. The molecule has 17 nitrogen and oxygen atoms in total. The van der Waals surface area contributed by atoms with Crippen LogP contribution in [0.4, 0.5) is 0 Å². The van der Waals surface area contributed by atoms with Gasteiger partial charge in [-0.05, 0) is 6.42 Å². The van der Waals surface area contributed by atoms with Crippen LogP contribution in [0, 0.1) is 0 Å². The molecule has 228 valence electrons. The molecule has 4 heterocycles. The number of hydroxylamine groups is 1. The molecule has 4 rings (SSSR count). The van der Waals surface area contributed by atoms with E-state index in [1.165, 1.54) is 0 Å². The first-order valence-corrected chi connectivity index (χ1v) is 12.8. The van der Waals surface area contributed by atoms with Gasteiger partial charge in [-0.25, -0.2) is 0 Å². The Morgan fingerprint density at radius 1 is 0.667 bits per heavy atom. The smallest absolute Gasteiger partial charge is 0.187 e. The van der Waals surface area contributed by atoms with Crippen molar-refractivity contribution in [2.45, 2.75) is 112 Å². The van der Waals surface area contributed by atoms with Crippen molar-refractivity contribution in [3.63, 3.8) is 0 Å². The average Bonchev–Trinajstić information content (AvgIpc) is 3.20. The zero-order valence-corrected chi connectivity index (χ0v) is 21.2. The van der Waals surface area contributed by atoms with E-state index in [0.29, 0.717) is 6.42 Å². The average molecular weight is 574 g/mol. The fraction of sp³-hybridized carbons (Fsp3) is 1.00. The highest BCUT2D eigenvalue weighted by Crippen LogP contribution is 2.29. The Hall–Kier alpha value is -0.680. The Morgan fingerprint density at radius 2 is 1.33 bits per heavy atom. The number of nitrogens with one attached hydrogen (secondary N) is 1. The van der Waals surface area contributed by atoms with E-state index in [4.69, 9.17) is 38.4 Å². The van der Waals surface area contributed by atoms with Crippen LogP contribution < -0.4 is 5.48 Å². The van der Waals surface area contributed by atoms with E-state index in [1.807, 2.05) is 0 Å². The van der Waals surface area contributed by atoms with E-state index in [2.05, 4.69) is 0 Å². The van der Waals surface area contributed by atoms with Gasteiger partial charge in [-0.3, -0.25) is 0 Å². The largest absolute Gasteiger partial charge is 0.388 e. The van der Waals surface area contributed by atoms with Crippen LogP contribution in [0.5, 0.6) is 0 Å². The predicted octanol–water partition coefficient (Wildman–Crippen LogP) is -5.75. The molecule has 4 aliphatic heterocycles. The lowest BCUT2D eigenvalue weighted by Crippen LogP contribution is -2.61. The quantitative estimate of drug-likeness (QED) is 0.115. The van der Waals surface area contributed by atoms with Crippen molar-refractivity contribution in [2.24, 2.45) is 0 Å². The zero-order valence-electron chi connectivity index (χ0n) is 21.2. The molecule has 0 aliphatic carbocycles. The molecule has 0 bridgehead atoms. The SMILES string of the molecule is CC[C@@H]1O[C@@H](OC2C(O)[C@H](CO[C@@H]3CO[C@@H](O[C@@H]4CO[C@@H](NO)C(O)C4O)C(O)C3O)OC[C@H]2O)C(O)C1O. The predicted molar refractivity (Wildman–Crippen MR) is 121 cm³/mol. The number of rotatable bonds is 9. The van der Waals surface area contributed by atoms with Crippen LogP contribution in [0.15, 0.2) is 0 Å². The van der Waals surface area contributed by atoms with Crippen LogP contribution in [0.25, 0.3) is 0 Å². The summed E-state index contributed by atoms with van der Waals surface area (Å²) in [5, 5.41) is 91.4. The van der Waals surface area contributed by atoms with Gasteiger partial charge < -0.3 is 79.2 Å². The number of aliphatic hydroxyl groups excluding tert-OH is 8. The third kappa shape index (κ3) is 6.71. The normalized spacial score (nSPS) is 51.2. The van der Waals surface area contributed by atoms with Gasteiger partial charge in [0.1, 0.15) is 73.2 Å². The van der Waals surface area contributed by atoms with Crippen molar-refractivity contribution in [2.75, 3.05) is 26.4 Å². The summed E-state index contributed by atoms with van der Waals surface area (Å²) in [4.78, 5) is 0. The van der Waals surface area contributed by atoms with Gasteiger partial charge in [0.15, 0.2) is 18.8 Å². The number of hydrogen-bond donors (Lipinski definition) is 10. The van der Waals surface area contributed by atoms with Gasteiger partial charge in [0.2, 0.25) is 0 Å². The van der Waals surface area contributed by atoms with E-state index < -0.39 is 98.2 Å². The monoisotopic (exact) mass is 573 g/mol. The third-order valence-electron chi connectivity index (χ3n) is 7.42. The van der Waals surface area contributed by atoms with Gasteiger partial charge in [-0.1, -0.05) is 6.92 Å². The summed E-state index contributed by atoms with van der Waals surface area (Å²) in [6.45, 7) is 0.686. The highest BCUT2D eigenvalue weighted by molar-refractivity contribution is 4.93. The first-order chi connectivity index (χ1) is 18.6. The Morgan fingerprint density at radius 3 is 2.00 bits per heavy atom. The second-order valence-electron chi connectivity index (χ2n) is 10.1. The maximum atomic E-state index is 10.8. The van der Waals surface area contributed by atoms with Gasteiger partial charge in [0.05, 0.1) is 32.5 Å². The lowest BCUT2D eigenvalue weighted by molar-refractivity contribution is -0.320. The highest BCUT2D eigenvalue weighted by Gasteiger charge is 2.49. The first kappa shape index (κ1) is 31.3. The van der Waals surface area contributed by atoms with Crippen LogP contribution in [0.2, 0.25) is 0 Å². The maximum Gasteiger partial charge on any atom is 0.187 e. The first-order valence-electron chi connectivity index (χ1n) is 12.8. The van der Waals surface area contributed by atoms with E-state index in [9.17, 15) is 40.9 Å². The molecule has 39 heavy (non-hydrogen) atoms. The fourth-order valence-corrected chi connectivity index (χ4v) is 4.95. The minimum absolute atomic E-state index is 0.245. The number of aliphatic hydroxyl groups is 8. The Bertz CT molecular complexity index is 768. The minimum Gasteiger partial charge on any atom is -0.388 e. The van der Waals surface area contributed by atoms with E-state index in [0.717, 1.165) is 0 Å². The maximum absolute atomic E-state index is 10.8. The third-order valence-corrected chi connectivity index (χ3v) is 7.42. The molecule has 0 saturated carbocycles. The van der Waals surface area contributed by atoms with Gasteiger partial charge in [0.25, 0.3) is 0 Å². The summed E-state index contributed by atoms with van der Waals surface area (Å²) < 4.78 is 38.2. The molecule has 0 radical (unpaired) electrons. The summed E-state index contributed by atoms with van der Waals surface area (Å²) in [5.41, 5.74) is 1.70. The summed E-state index contributed by atoms with van der Waals surface area (Å²) in [7, 11) is 0. The molecular weight excluding hydrogens is 534 g/mol. The van der Waals surface area contributed by atoms with Crippen molar-refractivity contribution < 1.29 is 79.2 Å². The van der Waals surface area contributed by atoms with Gasteiger partial charge >= 0.3 is 0 Å². The summed E-state index contributed by atoms with van der Waals surface area (Å²) in [5.74, 6) is 0. The molecule has 0 aromatic heterocycles. The molecule has 17 heteroatoms. The molecule has 0 amide bonds. The van der Waals surface area contributed by atoms with Gasteiger partial charge in [-0.15, -0.1) is 0 Å². The second kappa shape index (κ2) is 13.5. The number of ether oxygens (including phenoxy) is 7. The van der Waals surface area contributed by atoms with E-state index >= 15 is 0 Å². The Balaban J connectivity index is 1.27. The number of hydrogen-bond acceptors (Lipinski definition) is 17. The van der Waals surface area contributed by atoms with Crippen molar-refractivity contribution in [1.29, 1.82) is 0 Å². The van der Waals surface area contributed by atoms with Crippen LogP contribution in [-0.2, 0) is 33.2 Å². The topological polar surface area (TPSA) is 259 Å². The van der Waals surface area contributed by atoms with Crippen molar-refractivity contribution >= 4 is 0 Å². The lowest BCUT2D eigenvalue weighted by Gasteiger charge is -2.43. The molecular formula is C22H39NO16. The van der Waals surface area contributed by atoms with Gasteiger partial charge in [0, 0.05) is 0 Å². The highest BCUT2D eigenvalue weighted by atomic mass is 16.7. The van der Waals surface area contributed by atoms with E-state index in [1.54, 1.807) is 12.4 Å². The van der Waals surface area contributed by atoms with Crippen molar-refractivity contribution in [1.82, 2.24) is 5.48 Å². The van der Waals surface area contributed by atoms with Gasteiger partial charge in [-0.2, -0.15) is 5.48 Å². The Kier molecular flexibility index (Phi) is 10.8. The molecule has 16 atom stereocenters. The van der Waals surface area contributed by atoms with Crippen LogP contribution >= 0.6 is 0 Å². The summed E-state index contributed by atoms with van der Waals surface area (Å²) in [6, 6.07) is 0. The summed E-state index contributed by atoms with van der Waals surface area (Å²) >= 11 is 0. The van der Waals surface area contributed by atoms with Crippen LogP contribution in [0.3, 0.4) is 0 Å². The fourth-order valence-electron chi connectivity index (χ4n) is 4.95. The standard InChI is InChI=1S/C22H39NO16/c1-2-8-12(25)18(31)22(37-8)39-19-7(24)3-33-10(15(19)28)4-34-9-5-36-21(17(30)13(9)26)38-11-6-35-20(23-32)16(29)14(11)27/h7-32H,2-6H2,1H3/t7-,8+,9-,10+,11-,12?,13?,14?,15?,16?,17?,18?,19?,20-,21+,22+/m1/s1. The minimum atomic E-state index is -1.63. The zero-order chi connectivity index (χ0) is 28.4. The molecule has 4 fully saturated rings.